The summed E-state index contributed by atoms with van der Waals surface area (Å²) < 4.78 is -0.750. The summed E-state index contributed by atoms with van der Waals surface area (Å²) in [5.41, 5.74) is 0. The topological polar surface area (TPSA) is 90.7 Å². The zero-order valence-electron chi connectivity index (χ0n) is 4.51. The SMILES string of the molecule is O=[N+]([O-])[Fe+].[C-]#N.[C-]#N.[Na+]. The van der Waals surface area contributed by atoms with Crippen molar-refractivity contribution in [2.75, 3.05) is 0 Å². The van der Waals surface area contributed by atoms with Crippen molar-refractivity contribution in [3.8, 4) is 0 Å². The van der Waals surface area contributed by atoms with Gasteiger partial charge in [0.2, 0.25) is 0 Å². The third kappa shape index (κ3) is 27200. The molecule has 0 aromatic rings. The maximum absolute atomic E-state index is 8.69. The largest absolute Gasteiger partial charge is 1.00 e. The minimum atomic E-state index is -0.750. The molecule has 9 heavy (non-hydrogen) atoms. The summed E-state index contributed by atoms with van der Waals surface area (Å²) in [5.74, 6) is 0. The quantitative estimate of drug-likeness (QED) is 0.170. The Bertz CT molecular complexity index is 82.3. The first-order valence-corrected chi connectivity index (χ1v) is 1.46. The van der Waals surface area contributed by atoms with Gasteiger partial charge in [0, 0.05) is 0 Å². The molecule has 0 aromatic carbocycles. The van der Waals surface area contributed by atoms with Gasteiger partial charge in [-0.05, 0) is 0 Å². The van der Waals surface area contributed by atoms with Gasteiger partial charge in [-0.25, -0.2) is 0 Å². The second kappa shape index (κ2) is 44.7. The molecule has 0 N–H and O–H groups in total. The summed E-state index contributed by atoms with van der Waals surface area (Å²) in [6.45, 7) is 9.50. The minimum absolute atomic E-state index is 0. The third-order valence-electron chi connectivity index (χ3n) is 0. The van der Waals surface area contributed by atoms with Gasteiger partial charge in [-0.2, -0.15) is 0 Å². The molecule has 0 heterocycles. The van der Waals surface area contributed by atoms with E-state index in [1.54, 1.807) is 0 Å². The van der Waals surface area contributed by atoms with Crippen LogP contribution in [-0.2, 0) is 16.2 Å². The van der Waals surface area contributed by atoms with Gasteiger partial charge in [0.1, 0.15) is 0 Å². The van der Waals surface area contributed by atoms with Crippen LogP contribution in [0.4, 0.5) is 0 Å². The fourth-order valence-corrected chi connectivity index (χ4v) is 0. The molecule has 0 radical (unpaired) electrons. The average molecular weight is 177 g/mol. The molecular weight excluding hydrogens is 177 g/mol. The van der Waals surface area contributed by atoms with Crippen LogP contribution in [0.1, 0.15) is 0 Å². The molecule has 0 spiro atoms. The van der Waals surface area contributed by atoms with Crippen molar-refractivity contribution >= 4 is 0 Å². The molecule has 0 saturated carbocycles. The summed E-state index contributed by atoms with van der Waals surface area (Å²) in [6, 6.07) is 0. The maximum Gasteiger partial charge on any atom is 1.00 e. The molecule has 0 aliphatic carbocycles. The van der Waals surface area contributed by atoms with Crippen molar-refractivity contribution in [2.45, 2.75) is 0 Å². The summed E-state index contributed by atoms with van der Waals surface area (Å²) in [4.78, 5) is 8.69. The molecule has 0 atom stereocenters. The van der Waals surface area contributed by atoms with Gasteiger partial charge in [0.05, 0.1) is 0 Å². The van der Waals surface area contributed by atoms with E-state index in [2.05, 4.69) is 16.2 Å². The molecule has 0 rings (SSSR count). The number of rotatable bonds is 0. The predicted octanol–water partition coefficient (Wildman–Crippen LogP) is -3.08. The Kier molecular flexibility index (Phi) is 115. The average Bonchev–Trinajstić information content (AvgIpc) is 1.75. The van der Waals surface area contributed by atoms with E-state index in [9.17, 15) is 0 Å². The van der Waals surface area contributed by atoms with Gasteiger partial charge in [-0.15, -0.1) is 0 Å². The van der Waals surface area contributed by atoms with Crippen LogP contribution in [0.3, 0.4) is 0 Å². The van der Waals surface area contributed by atoms with Crippen LogP contribution < -0.4 is 29.6 Å². The van der Waals surface area contributed by atoms with E-state index in [-0.39, 0.29) is 29.6 Å². The predicted molar refractivity (Wildman–Crippen MR) is 16.9 cm³/mol. The molecular formula is C2FeN3NaO2. The molecule has 0 saturated heterocycles. The standard InChI is InChI=1S/2CN.Fe.NO2.Na/c2*1-2;;2-1-3;/q2*-1;+1;;+1. The first kappa shape index (κ1) is 23.1. The Morgan fingerprint density at radius 1 is 1.33 bits per heavy atom. The molecule has 5 nitrogen and oxygen atoms in total. The molecule has 0 aliphatic heterocycles. The van der Waals surface area contributed by atoms with E-state index in [1.165, 1.54) is 0 Å². The Morgan fingerprint density at radius 2 is 1.33 bits per heavy atom. The van der Waals surface area contributed by atoms with Crippen LogP contribution in [0, 0.1) is 33.8 Å². The Labute approximate surface area is 83.1 Å². The molecule has 0 aromatic heterocycles. The van der Waals surface area contributed by atoms with E-state index in [1.807, 2.05) is 0 Å². The van der Waals surface area contributed by atoms with Gasteiger partial charge in [-0.3, -0.25) is 0 Å². The molecule has 0 unspecified atom stereocenters. The Hall–Kier alpha value is -0.101. The molecule has 0 aliphatic rings. The summed E-state index contributed by atoms with van der Waals surface area (Å²) >= 11 is 2.36. The fourth-order valence-electron chi connectivity index (χ4n) is 0. The zero-order valence-corrected chi connectivity index (χ0v) is 7.62. The summed E-state index contributed by atoms with van der Waals surface area (Å²) in [7, 11) is 0. The van der Waals surface area contributed by atoms with Crippen molar-refractivity contribution in [1.82, 2.24) is 0 Å². The zero-order chi connectivity index (χ0) is 7.58. The normalized spacial score (nSPS) is 3.22. The fraction of sp³-hybridized carbons (Fsp3) is 0. The van der Waals surface area contributed by atoms with Crippen LogP contribution in [0.5, 0.6) is 0 Å². The molecule has 0 amide bonds. The van der Waals surface area contributed by atoms with Gasteiger partial charge >= 0.3 is 59.8 Å². The first-order valence-electron chi connectivity index (χ1n) is 0.970. The van der Waals surface area contributed by atoms with Crippen LogP contribution >= 0.6 is 0 Å². The van der Waals surface area contributed by atoms with E-state index < -0.39 is 3.94 Å². The van der Waals surface area contributed by atoms with Crippen molar-refractivity contribution < 1.29 is 49.7 Å². The molecule has 44 valence electrons. The van der Waals surface area contributed by atoms with Crippen LogP contribution in [0.25, 0.3) is 0 Å². The second-order valence-corrected chi connectivity index (χ2v) is 0.607. The van der Waals surface area contributed by atoms with Crippen molar-refractivity contribution in [3.05, 3.63) is 23.3 Å². The Balaban J connectivity index is -0.0000000221. The van der Waals surface area contributed by atoms with Gasteiger partial charge in [0.25, 0.3) is 0 Å². The molecule has 7 heteroatoms. The smallest absolute Gasteiger partial charge is 0.512 e. The first-order chi connectivity index (χ1) is 3.73. The van der Waals surface area contributed by atoms with Crippen molar-refractivity contribution in [3.63, 3.8) is 0 Å². The minimum Gasteiger partial charge on any atom is -0.512 e. The van der Waals surface area contributed by atoms with Crippen LogP contribution in [-0.4, -0.2) is 3.94 Å². The van der Waals surface area contributed by atoms with Crippen molar-refractivity contribution in [2.24, 2.45) is 0 Å². The maximum atomic E-state index is 8.69. The van der Waals surface area contributed by atoms with Crippen LogP contribution in [0.2, 0.25) is 0 Å². The van der Waals surface area contributed by atoms with E-state index >= 15 is 0 Å². The number of nitro groups is 1. The number of hydrogen-bond acceptors (Lipinski definition) is 4. The van der Waals surface area contributed by atoms with Crippen LogP contribution in [0.15, 0.2) is 0 Å². The number of hydrogen-bond donors (Lipinski definition) is 0. The van der Waals surface area contributed by atoms with E-state index in [0.29, 0.717) is 0 Å². The molecule has 0 fully saturated rings. The van der Waals surface area contributed by atoms with E-state index in [4.69, 9.17) is 33.8 Å². The summed E-state index contributed by atoms with van der Waals surface area (Å²) in [5, 5.41) is 21.2. The monoisotopic (exact) mass is 177 g/mol. The molecule has 0 bridgehead atoms. The van der Waals surface area contributed by atoms with E-state index in [0.717, 1.165) is 0 Å². The Morgan fingerprint density at radius 3 is 1.33 bits per heavy atom. The van der Waals surface area contributed by atoms with Gasteiger partial charge in [-0.1, -0.05) is 0 Å². The third-order valence-corrected chi connectivity index (χ3v) is 0. The number of nitrogens with zero attached hydrogens (tertiary/aromatic N) is 3. The van der Waals surface area contributed by atoms with Gasteiger partial charge < -0.3 is 23.7 Å². The van der Waals surface area contributed by atoms with Gasteiger partial charge in [0.15, 0.2) is 0 Å². The second-order valence-electron chi connectivity index (χ2n) is 0.204. The summed E-state index contributed by atoms with van der Waals surface area (Å²) in [6.07, 6.45) is 0. The van der Waals surface area contributed by atoms with Crippen molar-refractivity contribution in [1.29, 1.82) is 10.5 Å².